The van der Waals surface area contributed by atoms with Crippen LogP contribution in [0.5, 0.6) is 11.5 Å². The molecule has 6 heterocycles. The molecule has 1 saturated heterocycles. The summed E-state index contributed by atoms with van der Waals surface area (Å²) in [5.41, 5.74) is 4.56. The summed E-state index contributed by atoms with van der Waals surface area (Å²) in [7, 11) is -3.06. The summed E-state index contributed by atoms with van der Waals surface area (Å²) in [6, 6.07) is 21.0. The molecule has 5 fully saturated rings. The van der Waals surface area contributed by atoms with Gasteiger partial charge in [0.05, 0.1) is 46.7 Å². The van der Waals surface area contributed by atoms with Gasteiger partial charge >= 0.3 is 24.1 Å². The molecule has 3 aliphatic heterocycles. The van der Waals surface area contributed by atoms with Crippen LogP contribution in [-0.2, 0) is 72.6 Å². The quantitative estimate of drug-likeness (QED) is 0.0113. The van der Waals surface area contributed by atoms with E-state index in [1.807, 2.05) is 54.1 Å². The van der Waals surface area contributed by atoms with E-state index < -0.39 is 107 Å². The Balaban J connectivity index is 0.642. The Bertz CT molecular complexity index is 4510. The van der Waals surface area contributed by atoms with E-state index in [1.165, 1.54) is 46.6 Å². The number of para-hydroxylation sites is 1. The first-order chi connectivity index (χ1) is 51.4. The minimum absolute atomic E-state index is 0.0127. The fraction of sp³-hybridized carbons (Fsp3) is 0.513. The number of rotatable bonds is 34. The number of aliphatic carboxylic acids is 1. The molecule has 4 saturated carbocycles. The van der Waals surface area contributed by atoms with Crippen molar-refractivity contribution in [2.45, 2.75) is 167 Å². The van der Waals surface area contributed by atoms with E-state index in [-0.39, 0.29) is 110 Å². The maximum Gasteiger partial charge on any atom is 0.409 e. The average Bonchev–Trinajstić information content (AvgIpc) is 0.798. The summed E-state index contributed by atoms with van der Waals surface area (Å²) in [6.45, 7) is 7.57. The Labute approximate surface area is 627 Å². The van der Waals surface area contributed by atoms with Gasteiger partial charge in [-0.2, -0.15) is 13.5 Å². The summed E-state index contributed by atoms with van der Waals surface area (Å²) in [5, 5.41) is 60.8. The first-order valence-corrected chi connectivity index (χ1v) is 38.6. The van der Waals surface area contributed by atoms with Crippen molar-refractivity contribution >= 4 is 89.9 Å². The first kappa shape index (κ1) is 78.5. The molecule has 0 radical (unpaired) electrons. The number of imide groups is 1. The number of carbonyl (C=O) groups excluding carboxylic acids is 6. The number of pyridine rings is 1. The highest BCUT2D eigenvalue weighted by Gasteiger charge is 2.66. The molecule has 2 unspecified atom stereocenters. The molecule has 108 heavy (non-hydrogen) atoms. The Morgan fingerprint density at radius 3 is 2.31 bits per heavy atom. The fourth-order valence-corrected chi connectivity index (χ4v) is 19.1. The zero-order valence-corrected chi connectivity index (χ0v) is 62.1. The average molecular weight is 1530 g/mol. The molecule has 4 aliphatic carbocycles. The number of aryl methyl sites for hydroxylation is 1. The number of likely N-dealkylation sites (N-methyl/N-ethyl adjacent to an activating group) is 1. The van der Waals surface area contributed by atoms with Gasteiger partial charge in [-0.25, -0.2) is 29.1 Å². The van der Waals surface area contributed by atoms with Crippen LogP contribution in [0.2, 0.25) is 0 Å². The number of anilines is 2. The van der Waals surface area contributed by atoms with Crippen LogP contribution in [0.15, 0.2) is 91.1 Å². The molecule has 7 aliphatic rings. The van der Waals surface area contributed by atoms with Crippen molar-refractivity contribution in [3.8, 4) is 33.9 Å². The monoisotopic (exact) mass is 1530 g/mol. The van der Waals surface area contributed by atoms with Crippen molar-refractivity contribution in [2.24, 2.45) is 22.2 Å². The molecule has 6 aromatic rings. The fourth-order valence-electron chi connectivity index (χ4n) is 17.4. The highest BCUT2D eigenvalue weighted by Crippen LogP contribution is 2.72. The number of ether oxygens (including phenoxy) is 6. The van der Waals surface area contributed by atoms with Crippen LogP contribution in [0.1, 0.15) is 131 Å². The van der Waals surface area contributed by atoms with Crippen LogP contribution in [-0.4, -0.2) is 211 Å². The van der Waals surface area contributed by atoms with E-state index in [0.717, 1.165) is 83.4 Å². The largest absolute Gasteiger partial charge is 0.491 e. The maximum absolute atomic E-state index is 13.8. The van der Waals surface area contributed by atoms with Crippen molar-refractivity contribution in [2.75, 3.05) is 69.1 Å². The lowest BCUT2D eigenvalue weighted by Gasteiger charge is -2.69. The first-order valence-electron chi connectivity index (χ1n) is 36.2. The highest BCUT2D eigenvalue weighted by molar-refractivity contribution is 7.85. The molecule has 8 atom stereocenters. The Hall–Kier alpha value is -9.12. The maximum atomic E-state index is 13.8. The van der Waals surface area contributed by atoms with Crippen molar-refractivity contribution in [1.82, 2.24) is 29.5 Å². The molecular weight excluding hydrogens is 1440 g/mol. The summed E-state index contributed by atoms with van der Waals surface area (Å²) in [5.74, 6) is -6.82. The van der Waals surface area contributed by atoms with Gasteiger partial charge in [-0.15, -0.1) is 0 Å². The number of carboxylic acids is 2. The SMILES string of the molecule is Cc1c(-c2ccc(-c3ccc4c(c3)N(C(=O)Nc3nc5ccccc5s3)CCC4)nc2C(=O)O)cnn1CC12CC3(C)CC(C)(C1)CC(OCCN(C)C(=O)OCc1ccc(OCCOCCCC(=O)[C@@H](CC(=O)CCCCCN4C(=O)C=CC4=O)CS(=O)(=O)O)cc1O[C@@H]1O[C@H](C(=O)O)[C@@H](O)[C@H](O)[C@H]1O)(C3)C2. The second kappa shape index (κ2) is 32.6. The second-order valence-electron chi connectivity index (χ2n) is 30.2. The summed E-state index contributed by atoms with van der Waals surface area (Å²) >= 11 is 1.40. The highest BCUT2D eigenvalue weighted by atomic mass is 32.2. The minimum Gasteiger partial charge on any atom is -0.491 e. The molecule has 7 N–H and O–H groups in total. The predicted octanol–water partition coefficient (Wildman–Crippen LogP) is 8.58. The molecule has 4 bridgehead atoms. The van der Waals surface area contributed by atoms with Crippen LogP contribution in [0, 0.1) is 29.1 Å². The summed E-state index contributed by atoms with van der Waals surface area (Å²) in [4.78, 5) is 116. The van der Waals surface area contributed by atoms with Gasteiger partial charge in [-0.3, -0.25) is 43.5 Å². The third-order valence-corrected chi connectivity index (χ3v) is 23.0. The number of hydrogen-bond donors (Lipinski definition) is 7. The van der Waals surface area contributed by atoms with Gasteiger partial charge in [0.1, 0.15) is 54.6 Å². The third-order valence-electron chi connectivity index (χ3n) is 21.3. The Morgan fingerprint density at radius 2 is 1.57 bits per heavy atom. The van der Waals surface area contributed by atoms with Crippen LogP contribution < -0.4 is 19.7 Å². The zero-order valence-electron chi connectivity index (χ0n) is 60.5. The number of carboxylic acid groups (broad SMARTS) is 2. The van der Waals surface area contributed by atoms with E-state index in [2.05, 4.69) is 24.1 Å². The number of fused-ring (bicyclic) bond motifs is 2. The molecule has 30 nitrogen and oxygen atoms in total. The van der Waals surface area contributed by atoms with Gasteiger partial charge in [0.15, 0.2) is 16.9 Å². The van der Waals surface area contributed by atoms with Crippen LogP contribution >= 0.6 is 11.3 Å². The lowest BCUT2D eigenvalue weighted by atomic mass is 9.39. The van der Waals surface area contributed by atoms with Gasteiger partial charge in [0.25, 0.3) is 21.9 Å². The number of aromatic carboxylic acids is 1. The van der Waals surface area contributed by atoms with Crippen molar-refractivity contribution in [1.29, 1.82) is 0 Å². The standard InChI is InChI=1S/C76H90N8O22S2/c1-45-53(52-21-22-54(78-62(52)67(92)93)47-18-17-46-12-10-26-82(56(46)33-47)71(96)80-70-79-55-14-7-8-16-59(55)107-70)35-77-84(45)44-75-39-73(2)38-74(3,40-75)42-76(41-73,43-75)104-29-27-81(4)72(97)103-36-48-19-20-51(34-58(48)105-69-65(91)63(89)64(90)66(106-69)68(94)95)102-31-30-101-28-11-15-57(86)49(37-108(98,99)100)32-50(85)13-6-5-9-25-83-60(87)23-24-61(83)88/h7-8,14,16-24,33-35,49,63-66,69,89-91H,5-6,9-13,15,25-32,36-44H2,1-4H3,(H,92,93)(H,94,95)(H,79,80,96)(H,98,99,100)/t49-,63-,64-,65+,66-,69+,73?,74?,75?,76?/m0/s1. The number of ketones is 2. The smallest absolute Gasteiger partial charge is 0.409 e. The van der Waals surface area contributed by atoms with Crippen molar-refractivity contribution in [3.63, 3.8) is 0 Å². The Morgan fingerprint density at radius 1 is 0.815 bits per heavy atom. The van der Waals surface area contributed by atoms with Crippen molar-refractivity contribution < 1.29 is 105 Å². The predicted molar refractivity (Wildman–Crippen MR) is 391 cm³/mol. The molecule has 13 rings (SSSR count). The summed E-state index contributed by atoms with van der Waals surface area (Å²) < 4.78 is 71.9. The van der Waals surface area contributed by atoms with Crippen molar-refractivity contribution in [3.05, 3.63) is 114 Å². The van der Waals surface area contributed by atoms with E-state index in [0.29, 0.717) is 59.9 Å². The van der Waals surface area contributed by atoms with Gasteiger partial charge in [0.2, 0.25) is 6.29 Å². The molecule has 5 amide bonds. The van der Waals surface area contributed by atoms with E-state index in [9.17, 15) is 76.9 Å². The number of benzene rings is 3. The molecule has 3 aromatic heterocycles. The van der Waals surface area contributed by atoms with E-state index >= 15 is 0 Å². The van der Waals surface area contributed by atoms with Crippen LogP contribution in [0.25, 0.3) is 32.6 Å². The van der Waals surface area contributed by atoms with E-state index in [1.54, 1.807) is 30.3 Å². The number of aliphatic hydroxyl groups is 3. The third kappa shape index (κ3) is 18.3. The van der Waals surface area contributed by atoms with Gasteiger partial charge in [0, 0.05) is 117 Å². The molecule has 3 aromatic carbocycles. The summed E-state index contributed by atoms with van der Waals surface area (Å²) in [6.07, 6.45) is 1.13. The lowest BCUT2D eigenvalue weighted by molar-refractivity contribution is -0.271. The molecular formula is C76H90N8O22S2. The Kier molecular flexibility index (Phi) is 23.7. The topological polar surface area (TPSA) is 413 Å². The lowest BCUT2D eigenvalue weighted by Crippen LogP contribution is -2.64. The normalized spacial score (nSPS) is 24.6. The number of aliphatic hydroxyl groups excluding tert-OH is 3. The number of nitrogens with one attached hydrogen (secondary N) is 1. The van der Waals surface area contributed by atoms with Gasteiger partial charge < -0.3 is 58.9 Å². The number of unbranched alkanes of at least 4 members (excludes halogenated alkanes) is 2. The number of thiazole rings is 1. The molecule has 0 spiro atoms. The van der Waals surface area contributed by atoms with Gasteiger partial charge in [-0.05, 0) is 142 Å². The van der Waals surface area contributed by atoms with Gasteiger partial charge in [-0.1, -0.05) is 55.9 Å². The zero-order chi connectivity index (χ0) is 77.0. The van der Waals surface area contributed by atoms with Crippen LogP contribution in [0.3, 0.4) is 0 Å². The van der Waals surface area contributed by atoms with E-state index in [4.69, 9.17) is 38.5 Å². The number of aromatic nitrogens is 4. The number of carbonyl (C=O) groups is 8. The number of Topliss-reactive ketones (excluding diaryl/α,β-unsaturated/α-hetero) is 2. The minimum atomic E-state index is -4.62. The number of amides is 5. The van der Waals surface area contributed by atoms with Crippen LogP contribution in [0.4, 0.5) is 20.4 Å². The number of urea groups is 1. The molecule has 32 heteroatoms. The number of hydrogen-bond acceptors (Lipinski definition) is 23. The number of nitrogens with zero attached hydrogens (tertiary/aromatic N) is 7. The second-order valence-corrected chi connectivity index (χ2v) is 32.7. The molecule has 578 valence electrons.